The van der Waals surface area contributed by atoms with E-state index in [0.29, 0.717) is 31.7 Å². The van der Waals surface area contributed by atoms with Crippen LogP contribution in [0.25, 0.3) is 0 Å². The molecule has 37 heavy (non-hydrogen) atoms. The number of benzene rings is 1. The second-order valence-corrected chi connectivity index (χ2v) is 9.64. The van der Waals surface area contributed by atoms with Crippen molar-refractivity contribution in [2.45, 2.75) is 62.9 Å². The molecule has 1 saturated heterocycles. The van der Waals surface area contributed by atoms with E-state index < -0.39 is 23.6 Å². The summed E-state index contributed by atoms with van der Waals surface area (Å²) in [4.78, 5) is 31.8. The molecule has 2 atom stereocenters. The summed E-state index contributed by atoms with van der Waals surface area (Å²) in [6.45, 7) is 3.46. The van der Waals surface area contributed by atoms with Crippen LogP contribution in [0.3, 0.4) is 0 Å². The van der Waals surface area contributed by atoms with Gasteiger partial charge in [0.25, 0.3) is 5.91 Å². The van der Waals surface area contributed by atoms with Crippen LogP contribution in [0.15, 0.2) is 48.7 Å². The van der Waals surface area contributed by atoms with Gasteiger partial charge in [0.2, 0.25) is 5.91 Å². The van der Waals surface area contributed by atoms with Gasteiger partial charge in [-0.3, -0.25) is 19.5 Å². The van der Waals surface area contributed by atoms with Crippen LogP contribution in [0.1, 0.15) is 60.1 Å². The molecule has 0 unspecified atom stereocenters. The molecule has 2 N–H and O–H groups in total. The molecule has 0 bridgehead atoms. The summed E-state index contributed by atoms with van der Waals surface area (Å²) in [5.74, 6) is -0.672. The number of pyridine rings is 1. The zero-order chi connectivity index (χ0) is 26.4. The second-order valence-electron chi connectivity index (χ2n) is 9.64. The van der Waals surface area contributed by atoms with Crippen molar-refractivity contribution in [3.63, 3.8) is 0 Å². The van der Waals surface area contributed by atoms with E-state index in [2.05, 4.69) is 26.6 Å². The van der Waals surface area contributed by atoms with Gasteiger partial charge in [-0.2, -0.15) is 13.2 Å². The second kappa shape index (κ2) is 12.0. The summed E-state index contributed by atoms with van der Waals surface area (Å²) in [5, 5.41) is 5.36. The number of likely N-dealkylation sites (tertiary alicyclic amines) is 1. The van der Waals surface area contributed by atoms with Crippen LogP contribution in [0.5, 0.6) is 0 Å². The summed E-state index contributed by atoms with van der Waals surface area (Å²) >= 11 is 0. The fourth-order valence-electron chi connectivity index (χ4n) is 5.33. The van der Waals surface area contributed by atoms with Gasteiger partial charge in [0, 0.05) is 49.1 Å². The Labute approximate surface area is 214 Å². The molecule has 1 aromatic carbocycles. The minimum Gasteiger partial charge on any atom is -0.375 e. The molecule has 2 amide bonds. The molecule has 7 nitrogen and oxygen atoms in total. The van der Waals surface area contributed by atoms with Crippen molar-refractivity contribution in [2.24, 2.45) is 0 Å². The molecule has 0 spiro atoms. The molecule has 10 heteroatoms. The zero-order valence-corrected chi connectivity index (χ0v) is 20.8. The third kappa shape index (κ3) is 7.07. The highest BCUT2D eigenvalue weighted by atomic mass is 19.4. The van der Waals surface area contributed by atoms with E-state index in [4.69, 9.17) is 4.74 Å². The van der Waals surface area contributed by atoms with Crippen LogP contribution >= 0.6 is 0 Å². The number of aromatic nitrogens is 1. The molecule has 4 rings (SSSR count). The molecule has 2 fully saturated rings. The number of amides is 2. The number of nitrogens with zero attached hydrogens (tertiary/aromatic N) is 2. The third-order valence-corrected chi connectivity index (χ3v) is 7.20. The van der Waals surface area contributed by atoms with Crippen molar-refractivity contribution >= 4 is 11.8 Å². The molecule has 1 aliphatic carbocycles. The maximum absolute atomic E-state index is 12.9. The largest absolute Gasteiger partial charge is 0.416 e. The lowest BCUT2D eigenvalue weighted by molar-refractivity contribution is -0.137. The number of ether oxygens (including phenoxy) is 1. The Hall–Kier alpha value is -2.98. The van der Waals surface area contributed by atoms with Crippen LogP contribution < -0.4 is 10.6 Å². The van der Waals surface area contributed by atoms with Crippen molar-refractivity contribution in [3.8, 4) is 0 Å². The molecule has 200 valence electrons. The lowest BCUT2D eigenvalue weighted by atomic mass is 9.83. The Morgan fingerprint density at radius 3 is 2.54 bits per heavy atom. The minimum atomic E-state index is -4.55. The van der Waals surface area contributed by atoms with Crippen molar-refractivity contribution in [3.05, 3.63) is 65.5 Å². The number of rotatable bonds is 8. The fraction of sp³-hybridized carbons (Fsp3) is 0.519. The van der Waals surface area contributed by atoms with Gasteiger partial charge < -0.3 is 15.4 Å². The molecular formula is C27H33F3N4O3. The number of hydrogen-bond donors (Lipinski definition) is 2. The average Bonchev–Trinajstić information content (AvgIpc) is 3.29. The molecule has 1 aliphatic heterocycles. The average molecular weight is 519 g/mol. The monoisotopic (exact) mass is 518 g/mol. The summed E-state index contributed by atoms with van der Waals surface area (Å²) < 4.78 is 44.7. The van der Waals surface area contributed by atoms with Crippen LogP contribution in [-0.4, -0.2) is 66.1 Å². The third-order valence-electron chi connectivity index (χ3n) is 7.20. The van der Waals surface area contributed by atoms with Gasteiger partial charge in [0.1, 0.15) is 0 Å². The maximum Gasteiger partial charge on any atom is 0.416 e. The first-order valence-electron chi connectivity index (χ1n) is 12.8. The van der Waals surface area contributed by atoms with Gasteiger partial charge in [-0.05, 0) is 62.9 Å². The van der Waals surface area contributed by atoms with Crippen molar-refractivity contribution in [1.82, 2.24) is 20.5 Å². The molecule has 0 radical (unpaired) electrons. The van der Waals surface area contributed by atoms with Crippen LogP contribution in [0.2, 0.25) is 0 Å². The first-order chi connectivity index (χ1) is 17.7. The summed E-state index contributed by atoms with van der Waals surface area (Å²) in [5.41, 5.74) is 0.0827. The Bertz CT molecular complexity index is 1060. The lowest BCUT2D eigenvalue weighted by Gasteiger charge is -2.34. The molecule has 2 aliphatic rings. The molecule has 2 heterocycles. The Morgan fingerprint density at radius 1 is 1.08 bits per heavy atom. The number of carbonyl (C=O) groups is 2. The lowest BCUT2D eigenvalue weighted by Crippen LogP contribution is -2.48. The summed E-state index contributed by atoms with van der Waals surface area (Å²) in [7, 11) is 0. The number of alkyl halides is 3. The number of hydrogen-bond acceptors (Lipinski definition) is 5. The Morgan fingerprint density at radius 2 is 1.86 bits per heavy atom. The van der Waals surface area contributed by atoms with Crippen LogP contribution in [-0.2, 0) is 15.7 Å². The van der Waals surface area contributed by atoms with Gasteiger partial charge in [0.15, 0.2) is 0 Å². The zero-order valence-electron chi connectivity index (χ0n) is 20.8. The predicted octanol–water partition coefficient (Wildman–Crippen LogP) is 3.76. The van der Waals surface area contributed by atoms with E-state index in [1.54, 1.807) is 0 Å². The Balaban J connectivity index is 1.28. The summed E-state index contributed by atoms with van der Waals surface area (Å²) in [6.07, 6.45) is 1.35. The number of carbonyl (C=O) groups excluding carboxylic acids is 2. The summed E-state index contributed by atoms with van der Waals surface area (Å²) in [6, 6.07) is 10.3. The highest BCUT2D eigenvalue weighted by Crippen LogP contribution is 2.35. The highest BCUT2D eigenvalue weighted by molar-refractivity contribution is 5.96. The first kappa shape index (κ1) is 27.1. The maximum atomic E-state index is 12.9. The van der Waals surface area contributed by atoms with E-state index >= 15 is 0 Å². The van der Waals surface area contributed by atoms with Crippen LogP contribution in [0, 0.1) is 0 Å². The van der Waals surface area contributed by atoms with E-state index in [1.807, 2.05) is 25.3 Å². The van der Waals surface area contributed by atoms with Gasteiger partial charge in [0.05, 0.1) is 24.3 Å². The predicted molar refractivity (Wildman–Crippen MR) is 132 cm³/mol. The van der Waals surface area contributed by atoms with Gasteiger partial charge in [-0.1, -0.05) is 12.1 Å². The first-order valence-corrected chi connectivity index (χ1v) is 12.8. The van der Waals surface area contributed by atoms with E-state index in [9.17, 15) is 22.8 Å². The SMILES string of the molecule is CCO[C@H]1CN(C2CCC(c3ccccn3)CC2)C[C@@H]1NC(=O)CNC(=O)c1cccc(C(F)(F)F)c1. The highest BCUT2D eigenvalue weighted by Gasteiger charge is 2.39. The van der Waals surface area contributed by atoms with Crippen molar-refractivity contribution in [1.29, 1.82) is 0 Å². The normalized spacial score (nSPS) is 24.5. The molecule has 1 aromatic heterocycles. The molecule has 1 saturated carbocycles. The van der Waals surface area contributed by atoms with Gasteiger partial charge in [-0.15, -0.1) is 0 Å². The van der Waals surface area contributed by atoms with Gasteiger partial charge in [-0.25, -0.2) is 0 Å². The van der Waals surface area contributed by atoms with E-state index in [-0.39, 0.29) is 24.3 Å². The minimum absolute atomic E-state index is 0.150. The van der Waals surface area contributed by atoms with E-state index in [1.165, 1.54) is 12.1 Å². The Kier molecular flexibility index (Phi) is 8.81. The number of halogens is 3. The van der Waals surface area contributed by atoms with Crippen molar-refractivity contribution < 1.29 is 27.5 Å². The molecular weight excluding hydrogens is 485 g/mol. The number of nitrogens with one attached hydrogen (secondary N) is 2. The standard InChI is InChI=1S/C27H33F3N4O3/c1-2-37-24-17-34(21-11-9-18(10-12-21)22-8-3-4-13-31-22)16-23(24)33-25(35)15-32-26(36)19-6-5-7-20(14-19)27(28,29)30/h3-8,13-14,18,21,23-24H,2,9-12,15-17H2,1H3,(H,32,36)(H,33,35)/t18?,21?,23-,24-/m0/s1. The smallest absolute Gasteiger partial charge is 0.375 e. The quantitative estimate of drug-likeness (QED) is 0.556. The topological polar surface area (TPSA) is 83.6 Å². The van der Waals surface area contributed by atoms with Gasteiger partial charge >= 0.3 is 6.18 Å². The fourth-order valence-corrected chi connectivity index (χ4v) is 5.33. The van der Waals surface area contributed by atoms with E-state index in [0.717, 1.165) is 43.5 Å². The van der Waals surface area contributed by atoms with Crippen LogP contribution in [0.4, 0.5) is 13.2 Å². The van der Waals surface area contributed by atoms with Crippen molar-refractivity contribution in [2.75, 3.05) is 26.2 Å². The molecule has 2 aromatic rings.